The van der Waals surface area contributed by atoms with E-state index in [0.29, 0.717) is 0 Å². The topological polar surface area (TPSA) is 38.2 Å². The van der Waals surface area contributed by atoms with Gasteiger partial charge in [0, 0.05) is 22.9 Å². The number of morpholine rings is 1. The maximum absolute atomic E-state index is 6.13. The van der Waals surface area contributed by atoms with Gasteiger partial charge in [-0.3, -0.25) is 0 Å². The second-order valence-electron chi connectivity index (χ2n) is 5.76. The minimum atomic E-state index is 0.0853. The fourth-order valence-corrected chi connectivity index (χ4v) is 4.10. The zero-order chi connectivity index (χ0) is 15.8. The van der Waals surface area contributed by atoms with Gasteiger partial charge in [0.1, 0.15) is 18.2 Å². The Labute approximate surface area is 147 Å². The third-order valence-corrected chi connectivity index (χ3v) is 5.25. The highest BCUT2D eigenvalue weighted by atomic mass is 79.9. The lowest BCUT2D eigenvalue weighted by molar-refractivity contribution is -0.0173. The number of rotatable bonds is 2. The Balaban J connectivity index is 1.73. The molecule has 0 aliphatic carbocycles. The Morgan fingerprint density at radius 3 is 3.00 bits per heavy atom. The van der Waals surface area contributed by atoms with Crippen LogP contribution in [0.5, 0.6) is 0 Å². The molecule has 0 amide bonds. The first-order chi connectivity index (χ1) is 11.2. The zero-order valence-corrected chi connectivity index (χ0v) is 15.0. The van der Waals surface area contributed by atoms with Crippen LogP contribution in [0.4, 0.5) is 5.82 Å². The lowest BCUT2D eigenvalue weighted by atomic mass is 10.1. The van der Waals surface area contributed by atoms with Crippen LogP contribution in [0.1, 0.15) is 18.6 Å². The summed E-state index contributed by atoms with van der Waals surface area (Å²) in [6.07, 6.45) is 1.89. The van der Waals surface area contributed by atoms with Crippen LogP contribution in [0.2, 0.25) is 0 Å². The first-order valence-corrected chi connectivity index (χ1v) is 9.27. The quantitative estimate of drug-likeness (QED) is 0.649. The Kier molecular flexibility index (Phi) is 4.05. The van der Waals surface area contributed by atoms with Gasteiger partial charge in [-0.2, -0.15) is 11.3 Å². The summed E-state index contributed by atoms with van der Waals surface area (Å²) in [4.78, 5) is 11.3. The van der Waals surface area contributed by atoms with Gasteiger partial charge in [0.25, 0.3) is 0 Å². The number of hydrogen-bond acceptors (Lipinski definition) is 5. The smallest absolute Gasteiger partial charge is 0.140 e. The van der Waals surface area contributed by atoms with Gasteiger partial charge in [-0.25, -0.2) is 9.97 Å². The Morgan fingerprint density at radius 2 is 2.17 bits per heavy atom. The van der Waals surface area contributed by atoms with Crippen LogP contribution in [-0.2, 0) is 4.74 Å². The molecule has 1 aliphatic rings. The average Bonchev–Trinajstić information content (AvgIpc) is 3.08. The lowest BCUT2D eigenvalue weighted by Crippen LogP contribution is -2.43. The zero-order valence-electron chi connectivity index (χ0n) is 12.6. The van der Waals surface area contributed by atoms with Crippen molar-refractivity contribution in [1.29, 1.82) is 0 Å². The van der Waals surface area contributed by atoms with Gasteiger partial charge in [-0.1, -0.05) is 15.9 Å². The highest BCUT2D eigenvalue weighted by Crippen LogP contribution is 2.32. The molecule has 3 heterocycles. The van der Waals surface area contributed by atoms with Crippen molar-refractivity contribution in [1.82, 2.24) is 9.97 Å². The van der Waals surface area contributed by atoms with E-state index >= 15 is 0 Å². The van der Waals surface area contributed by atoms with Gasteiger partial charge in [0.15, 0.2) is 0 Å². The number of ether oxygens (including phenoxy) is 1. The van der Waals surface area contributed by atoms with Gasteiger partial charge in [0.2, 0.25) is 0 Å². The van der Waals surface area contributed by atoms with E-state index in [-0.39, 0.29) is 12.2 Å². The van der Waals surface area contributed by atoms with E-state index in [1.807, 2.05) is 12.1 Å². The van der Waals surface area contributed by atoms with Crippen LogP contribution in [0.25, 0.3) is 10.9 Å². The largest absolute Gasteiger partial charge is 0.367 e. The summed E-state index contributed by atoms with van der Waals surface area (Å²) in [6, 6.07) is 8.25. The minimum Gasteiger partial charge on any atom is -0.367 e. The molecule has 2 atom stereocenters. The van der Waals surface area contributed by atoms with Crippen molar-refractivity contribution >= 4 is 44.0 Å². The van der Waals surface area contributed by atoms with Gasteiger partial charge in [0.05, 0.1) is 11.6 Å². The van der Waals surface area contributed by atoms with Crippen molar-refractivity contribution in [3.63, 3.8) is 0 Å². The summed E-state index contributed by atoms with van der Waals surface area (Å²) in [5, 5.41) is 5.33. The number of thiophene rings is 1. The van der Waals surface area contributed by atoms with Crippen LogP contribution in [0.15, 0.2) is 45.8 Å². The predicted octanol–water partition coefficient (Wildman–Crippen LogP) is 4.42. The van der Waals surface area contributed by atoms with Gasteiger partial charge in [-0.05, 0) is 47.5 Å². The first-order valence-electron chi connectivity index (χ1n) is 7.53. The molecule has 0 saturated carbocycles. The Morgan fingerprint density at radius 1 is 1.26 bits per heavy atom. The monoisotopic (exact) mass is 389 g/mol. The van der Waals surface area contributed by atoms with Crippen LogP contribution < -0.4 is 4.90 Å². The number of fused-ring (bicyclic) bond motifs is 1. The maximum atomic E-state index is 6.13. The van der Waals surface area contributed by atoms with Gasteiger partial charge >= 0.3 is 0 Å². The van der Waals surface area contributed by atoms with E-state index < -0.39 is 0 Å². The number of aromatic nitrogens is 2. The molecular weight excluding hydrogens is 374 g/mol. The molecule has 6 heteroatoms. The molecule has 1 aliphatic heterocycles. The van der Waals surface area contributed by atoms with Gasteiger partial charge in [-0.15, -0.1) is 0 Å². The summed E-state index contributed by atoms with van der Waals surface area (Å²) in [5.74, 6) is 0.978. The number of nitrogens with zero attached hydrogens (tertiary/aromatic N) is 3. The summed E-state index contributed by atoms with van der Waals surface area (Å²) in [7, 11) is 0. The van der Waals surface area contributed by atoms with Gasteiger partial charge < -0.3 is 9.64 Å². The van der Waals surface area contributed by atoms with Crippen LogP contribution in [-0.4, -0.2) is 29.2 Å². The minimum absolute atomic E-state index is 0.0853. The Hall–Kier alpha value is -1.50. The number of benzene rings is 1. The number of anilines is 1. The van der Waals surface area contributed by atoms with Crippen LogP contribution in [0, 0.1) is 0 Å². The fourth-order valence-electron chi connectivity index (χ4n) is 3.03. The number of halogens is 1. The first kappa shape index (κ1) is 15.1. The maximum Gasteiger partial charge on any atom is 0.140 e. The van der Waals surface area contributed by atoms with Crippen molar-refractivity contribution in [2.24, 2.45) is 0 Å². The van der Waals surface area contributed by atoms with E-state index in [1.54, 1.807) is 17.7 Å². The van der Waals surface area contributed by atoms with Crippen LogP contribution >= 0.6 is 27.3 Å². The fraction of sp³-hybridized carbons (Fsp3) is 0.294. The van der Waals surface area contributed by atoms with Crippen LogP contribution in [0.3, 0.4) is 0 Å². The van der Waals surface area contributed by atoms with E-state index in [2.05, 4.69) is 60.6 Å². The van der Waals surface area contributed by atoms with E-state index in [9.17, 15) is 0 Å². The summed E-state index contributed by atoms with van der Waals surface area (Å²) in [6.45, 7) is 3.75. The normalized spacial score (nSPS) is 21.7. The second-order valence-corrected chi connectivity index (χ2v) is 7.45. The third-order valence-electron chi connectivity index (χ3n) is 4.05. The molecule has 3 aromatic rings. The molecule has 0 spiro atoms. The molecule has 2 aromatic heterocycles. The lowest BCUT2D eigenvalue weighted by Gasteiger charge is -2.37. The summed E-state index contributed by atoms with van der Waals surface area (Å²) < 4.78 is 7.17. The van der Waals surface area contributed by atoms with E-state index in [4.69, 9.17) is 4.74 Å². The molecule has 118 valence electrons. The van der Waals surface area contributed by atoms with Crippen molar-refractivity contribution in [2.75, 3.05) is 18.0 Å². The molecule has 1 fully saturated rings. The third kappa shape index (κ3) is 2.98. The second kappa shape index (κ2) is 6.19. The standard InChI is InChI=1S/C17H16BrN3OS/c1-11-7-21(8-16(22-11)12-4-5-23-9-12)17-14-6-13(18)2-3-15(14)19-10-20-17/h2-6,9-11,16H,7-8H2,1H3. The van der Waals surface area contributed by atoms with Crippen molar-refractivity contribution in [3.8, 4) is 0 Å². The average molecular weight is 390 g/mol. The highest BCUT2D eigenvalue weighted by molar-refractivity contribution is 9.10. The van der Waals surface area contributed by atoms with E-state index in [1.165, 1.54) is 5.56 Å². The highest BCUT2D eigenvalue weighted by Gasteiger charge is 2.28. The molecule has 23 heavy (non-hydrogen) atoms. The SMILES string of the molecule is CC1CN(c2ncnc3ccc(Br)cc23)CC(c2ccsc2)O1. The summed E-state index contributed by atoms with van der Waals surface area (Å²) in [5.41, 5.74) is 2.20. The molecular formula is C17H16BrN3OS. The van der Waals surface area contributed by atoms with Crippen molar-refractivity contribution in [2.45, 2.75) is 19.1 Å². The predicted molar refractivity (Wildman–Crippen MR) is 97.1 cm³/mol. The molecule has 1 saturated heterocycles. The van der Waals surface area contributed by atoms with Crippen molar-refractivity contribution < 1.29 is 4.74 Å². The molecule has 0 bridgehead atoms. The molecule has 2 unspecified atom stereocenters. The molecule has 4 rings (SSSR count). The molecule has 1 aromatic carbocycles. The number of hydrogen-bond donors (Lipinski definition) is 0. The Bertz CT molecular complexity index is 824. The summed E-state index contributed by atoms with van der Waals surface area (Å²) >= 11 is 5.25. The van der Waals surface area contributed by atoms with E-state index in [0.717, 1.165) is 34.3 Å². The molecule has 0 N–H and O–H groups in total. The molecule has 0 radical (unpaired) electrons. The molecule has 4 nitrogen and oxygen atoms in total. The van der Waals surface area contributed by atoms with Crippen molar-refractivity contribution in [3.05, 3.63) is 51.4 Å².